The molecule has 2 aromatic carbocycles. The number of amides is 2. The maximum atomic E-state index is 13.6. The lowest BCUT2D eigenvalue weighted by atomic mass is 10.1. The van der Waals surface area contributed by atoms with Crippen LogP contribution in [0.15, 0.2) is 42.5 Å². The van der Waals surface area contributed by atoms with E-state index in [1.807, 2.05) is 71.9 Å². The van der Waals surface area contributed by atoms with Gasteiger partial charge in [-0.3, -0.25) is 13.9 Å². The standard InChI is InChI=1S/C26H37N3O4S/c1-18-12-14-22(15-13-18)16-28(21(4)25(31)27-26(5,6)7)24(30)17-29(34(8,32)33)23-11-9-10-19(2)20(23)3/h9-15,21H,16-17H2,1-8H3,(H,27,31)/t21-/m1/s1. The van der Waals surface area contributed by atoms with Gasteiger partial charge in [0.15, 0.2) is 0 Å². The molecule has 2 aromatic rings. The monoisotopic (exact) mass is 487 g/mol. The van der Waals surface area contributed by atoms with E-state index in [-0.39, 0.29) is 12.5 Å². The first kappa shape index (κ1) is 27.4. The topological polar surface area (TPSA) is 86.8 Å². The second kappa shape index (κ2) is 10.6. The highest BCUT2D eigenvalue weighted by Crippen LogP contribution is 2.25. The van der Waals surface area contributed by atoms with Crippen molar-refractivity contribution in [1.82, 2.24) is 10.2 Å². The molecule has 0 unspecified atom stereocenters. The molecule has 0 aliphatic rings. The summed E-state index contributed by atoms with van der Waals surface area (Å²) in [4.78, 5) is 28.0. The van der Waals surface area contributed by atoms with E-state index in [9.17, 15) is 18.0 Å². The number of aryl methyl sites for hydroxylation is 2. The van der Waals surface area contributed by atoms with Crippen molar-refractivity contribution in [3.8, 4) is 0 Å². The summed E-state index contributed by atoms with van der Waals surface area (Å²) in [6.07, 6.45) is 1.09. The molecular weight excluding hydrogens is 450 g/mol. The van der Waals surface area contributed by atoms with Crippen LogP contribution >= 0.6 is 0 Å². The molecule has 1 N–H and O–H groups in total. The summed E-state index contributed by atoms with van der Waals surface area (Å²) >= 11 is 0. The summed E-state index contributed by atoms with van der Waals surface area (Å²) in [6, 6.07) is 12.2. The summed E-state index contributed by atoms with van der Waals surface area (Å²) in [6.45, 7) is 12.8. The van der Waals surface area contributed by atoms with Crippen molar-refractivity contribution < 1.29 is 18.0 Å². The Labute approximate surface area is 204 Å². The molecule has 0 fully saturated rings. The minimum Gasteiger partial charge on any atom is -0.350 e. The number of benzene rings is 2. The van der Waals surface area contributed by atoms with Crippen LogP contribution in [0.3, 0.4) is 0 Å². The zero-order valence-electron chi connectivity index (χ0n) is 21.5. The van der Waals surface area contributed by atoms with Crippen LogP contribution in [0.25, 0.3) is 0 Å². The van der Waals surface area contributed by atoms with Crippen molar-refractivity contribution in [2.24, 2.45) is 0 Å². The Bertz CT molecular complexity index is 1140. The van der Waals surface area contributed by atoms with Gasteiger partial charge in [0.25, 0.3) is 0 Å². The van der Waals surface area contributed by atoms with Crippen molar-refractivity contribution in [2.45, 2.75) is 66.6 Å². The molecule has 7 nitrogen and oxygen atoms in total. The van der Waals surface area contributed by atoms with Crippen molar-refractivity contribution in [3.63, 3.8) is 0 Å². The Morgan fingerprint density at radius 1 is 1.00 bits per heavy atom. The summed E-state index contributed by atoms with van der Waals surface area (Å²) in [5, 5.41) is 2.92. The highest BCUT2D eigenvalue weighted by molar-refractivity contribution is 7.92. The molecule has 0 heterocycles. The van der Waals surface area contributed by atoms with E-state index in [1.54, 1.807) is 19.1 Å². The SMILES string of the molecule is Cc1ccc(CN(C(=O)CN(c2cccc(C)c2C)S(C)(=O)=O)[C@H](C)C(=O)NC(C)(C)C)cc1. The van der Waals surface area contributed by atoms with E-state index in [4.69, 9.17) is 0 Å². The molecule has 0 saturated heterocycles. The third kappa shape index (κ3) is 7.32. The fourth-order valence-electron chi connectivity index (χ4n) is 3.55. The average Bonchev–Trinajstić information content (AvgIpc) is 2.71. The summed E-state index contributed by atoms with van der Waals surface area (Å²) in [5.74, 6) is -0.755. The van der Waals surface area contributed by atoms with Gasteiger partial charge in [-0.1, -0.05) is 42.0 Å². The smallest absolute Gasteiger partial charge is 0.244 e. The van der Waals surface area contributed by atoms with E-state index < -0.39 is 34.1 Å². The molecule has 0 aliphatic carbocycles. The van der Waals surface area contributed by atoms with Crippen LogP contribution in [0.5, 0.6) is 0 Å². The van der Waals surface area contributed by atoms with E-state index in [0.29, 0.717) is 5.69 Å². The third-order valence-electron chi connectivity index (χ3n) is 5.66. The lowest BCUT2D eigenvalue weighted by Crippen LogP contribution is -2.54. The van der Waals surface area contributed by atoms with Crippen LogP contribution in [0, 0.1) is 20.8 Å². The molecule has 1 atom stereocenters. The first-order valence-electron chi connectivity index (χ1n) is 11.3. The lowest BCUT2D eigenvalue weighted by molar-refractivity contribution is -0.140. The number of hydrogen-bond donors (Lipinski definition) is 1. The molecule has 34 heavy (non-hydrogen) atoms. The number of hydrogen-bond acceptors (Lipinski definition) is 4. The molecule has 8 heteroatoms. The van der Waals surface area contributed by atoms with Crippen LogP contribution in [0.1, 0.15) is 49.9 Å². The van der Waals surface area contributed by atoms with Crippen LogP contribution in [0.2, 0.25) is 0 Å². The van der Waals surface area contributed by atoms with Gasteiger partial charge >= 0.3 is 0 Å². The number of rotatable bonds is 8. The second-order valence-corrected chi connectivity index (χ2v) is 11.8. The molecule has 0 aromatic heterocycles. The Kier molecular flexibility index (Phi) is 8.53. The molecule has 0 bridgehead atoms. The summed E-state index contributed by atoms with van der Waals surface area (Å²) in [7, 11) is -3.75. The minimum absolute atomic E-state index is 0.183. The van der Waals surface area contributed by atoms with Gasteiger partial charge in [-0.05, 0) is 71.2 Å². The molecule has 0 radical (unpaired) electrons. The normalized spacial score (nSPS) is 12.7. The Morgan fingerprint density at radius 2 is 1.59 bits per heavy atom. The second-order valence-electron chi connectivity index (χ2n) is 9.91. The molecule has 0 saturated carbocycles. The minimum atomic E-state index is -3.75. The molecule has 186 valence electrons. The van der Waals surface area contributed by atoms with Crippen LogP contribution in [-0.2, 0) is 26.2 Å². The van der Waals surface area contributed by atoms with Gasteiger partial charge in [0, 0.05) is 12.1 Å². The van der Waals surface area contributed by atoms with Gasteiger partial charge in [-0.25, -0.2) is 8.42 Å². The highest BCUT2D eigenvalue weighted by Gasteiger charge is 2.31. The number of sulfonamides is 1. The average molecular weight is 488 g/mol. The first-order chi connectivity index (χ1) is 15.6. The van der Waals surface area contributed by atoms with Crippen LogP contribution in [-0.4, -0.2) is 49.5 Å². The number of anilines is 1. The number of carbonyl (C=O) groups is 2. The van der Waals surface area contributed by atoms with Gasteiger partial charge in [-0.2, -0.15) is 0 Å². The van der Waals surface area contributed by atoms with E-state index >= 15 is 0 Å². The maximum absolute atomic E-state index is 13.6. The zero-order valence-corrected chi connectivity index (χ0v) is 22.3. The Morgan fingerprint density at radius 3 is 2.12 bits per heavy atom. The maximum Gasteiger partial charge on any atom is 0.244 e. The van der Waals surface area contributed by atoms with E-state index in [2.05, 4.69) is 5.32 Å². The predicted molar refractivity (Wildman–Crippen MR) is 137 cm³/mol. The number of nitrogens with one attached hydrogen (secondary N) is 1. The fraction of sp³-hybridized carbons (Fsp3) is 0.462. The number of carbonyl (C=O) groups excluding carboxylic acids is 2. The summed E-state index contributed by atoms with van der Waals surface area (Å²) < 4.78 is 26.6. The largest absolute Gasteiger partial charge is 0.350 e. The van der Waals surface area contributed by atoms with E-state index in [1.165, 1.54) is 4.90 Å². The van der Waals surface area contributed by atoms with Crippen molar-refractivity contribution in [1.29, 1.82) is 0 Å². The molecule has 2 amide bonds. The number of nitrogens with zero attached hydrogens (tertiary/aromatic N) is 2. The highest BCUT2D eigenvalue weighted by atomic mass is 32.2. The molecule has 0 spiro atoms. The zero-order chi connectivity index (χ0) is 25.8. The molecule has 2 rings (SSSR count). The lowest BCUT2D eigenvalue weighted by Gasteiger charge is -2.33. The quantitative estimate of drug-likeness (QED) is 0.615. The Hall–Kier alpha value is -2.87. The Balaban J connectivity index is 2.44. The van der Waals surface area contributed by atoms with Gasteiger partial charge < -0.3 is 10.2 Å². The first-order valence-corrected chi connectivity index (χ1v) is 13.2. The van der Waals surface area contributed by atoms with Gasteiger partial charge in [0.05, 0.1) is 11.9 Å². The van der Waals surface area contributed by atoms with E-state index in [0.717, 1.165) is 32.8 Å². The fourth-order valence-corrected chi connectivity index (χ4v) is 4.45. The van der Waals surface area contributed by atoms with Crippen LogP contribution < -0.4 is 9.62 Å². The van der Waals surface area contributed by atoms with Crippen molar-refractivity contribution >= 4 is 27.5 Å². The van der Waals surface area contributed by atoms with Crippen molar-refractivity contribution in [3.05, 3.63) is 64.7 Å². The third-order valence-corrected chi connectivity index (χ3v) is 6.79. The van der Waals surface area contributed by atoms with Crippen LogP contribution in [0.4, 0.5) is 5.69 Å². The van der Waals surface area contributed by atoms with Gasteiger partial charge in [0.1, 0.15) is 12.6 Å². The molecular formula is C26H37N3O4S. The van der Waals surface area contributed by atoms with Gasteiger partial charge in [-0.15, -0.1) is 0 Å². The van der Waals surface area contributed by atoms with Crippen molar-refractivity contribution in [2.75, 3.05) is 17.1 Å². The molecule has 0 aliphatic heterocycles. The summed E-state index contributed by atoms with van der Waals surface area (Å²) in [5.41, 5.74) is 3.63. The van der Waals surface area contributed by atoms with Gasteiger partial charge in [0.2, 0.25) is 21.8 Å². The predicted octanol–water partition coefficient (Wildman–Crippen LogP) is 3.71.